The van der Waals surface area contributed by atoms with Crippen molar-refractivity contribution in [3.05, 3.63) is 134 Å². The molecule has 0 radical (unpaired) electrons. The van der Waals surface area contributed by atoms with Gasteiger partial charge in [-0.05, 0) is 58.4 Å². The maximum absolute atomic E-state index is 12.2. The largest absolute Gasteiger partial charge is 1.00 e. The molecule has 0 aliphatic heterocycles. The smallest absolute Gasteiger partial charge is 1.00 e. The zero-order chi connectivity index (χ0) is 33.8. The molecule has 0 spiro atoms. The van der Waals surface area contributed by atoms with E-state index in [4.69, 9.17) is 0 Å². The molecule has 4 aromatic carbocycles. The van der Waals surface area contributed by atoms with Crippen LogP contribution in [0.3, 0.4) is 0 Å². The minimum absolute atomic E-state index is 0. The zero-order valence-electron chi connectivity index (χ0n) is 30.5. The van der Waals surface area contributed by atoms with E-state index >= 15 is 0 Å². The van der Waals surface area contributed by atoms with Crippen LogP contribution in [0.2, 0.25) is 0 Å². The van der Waals surface area contributed by atoms with Crippen molar-refractivity contribution in [2.45, 2.75) is 105 Å². The fourth-order valence-electron chi connectivity index (χ4n) is 7.54. The second-order valence-corrected chi connectivity index (χ2v) is 16.2. The van der Waals surface area contributed by atoms with Crippen molar-refractivity contribution < 1.29 is 53.4 Å². The number of hydrogen-bond acceptors (Lipinski definition) is 0. The predicted molar refractivity (Wildman–Crippen MR) is 193 cm³/mol. The Morgan fingerprint density at radius 2 is 1.40 bits per heavy atom. The van der Waals surface area contributed by atoms with Gasteiger partial charge in [0.2, 0.25) is 0 Å². The number of allylic oxidation sites excluding steroid dienone is 4. The molecule has 252 valence electrons. The molecule has 0 heterocycles. The number of fused-ring (bicyclic) bond motifs is 5. The Hall–Kier alpha value is -2.25. The van der Waals surface area contributed by atoms with Crippen LogP contribution in [0.25, 0.3) is 22.3 Å². The number of hydrogen-bond donors (Lipinski definition) is 0. The normalized spacial score (nSPS) is 15.5. The Labute approximate surface area is 316 Å². The van der Waals surface area contributed by atoms with Gasteiger partial charge >= 0.3 is 68.0 Å². The molecule has 0 unspecified atom stereocenters. The fourth-order valence-corrected chi connectivity index (χ4v) is 8.01. The molecule has 4 heteroatoms. The average Bonchev–Trinajstić information content (AvgIpc) is 3.67. The zero-order valence-corrected chi connectivity index (χ0v) is 34.4. The van der Waals surface area contributed by atoms with Gasteiger partial charge < -0.3 is 24.8 Å². The van der Waals surface area contributed by atoms with Crippen LogP contribution >= 0.6 is 0 Å². The van der Waals surface area contributed by atoms with Crippen LogP contribution in [-0.4, -0.2) is 3.71 Å². The summed E-state index contributed by atoms with van der Waals surface area (Å²) in [6.45, 7) is 24.9. The van der Waals surface area contributed by atoms with Gasteiger partial charge in [-0.2, -0.15) is 28.3 Å². The Bertz CT molecular complexity index is 1790. The van der Waals surface area contributed by atoms with Gasteiger partial charge in [0, 0.05) is 5.41 Å². The molecule has 0 atom stereocenters. The maximum Gasteiger partial charge on any atom is -1.00 e. The van der Waals surface area contributed by atoms with Crippen LogP contribution in [-0.2, 0) is 53.3 Å². The summed E-state index contributed by atoms with van der Waals surface area (Å²) >= 11 is 1.34. The van der Waals surface area contributed by atoms with Gasteiger partial charge in [0.05, 0.1) is 0 Å². The third-order valence-corrected chi connectivity index (χ3v) is 10.6. The van der Waals surface area contributed by atoms with Crippen molar-refractivity contribution >= 4 is 14.9 Å². The van der Waals surface area contributed by atoms with Crippen molar-refractivity contribution in [3.63, 3.8) is 0 Å². The second-order valence-electron chi connectivity index (χ2n) is 15.5. The molecule has 0 saturated carbocycles. The summed E-state index contributed by atoms with van der Waals surface area (Å²) in [5, 5.41) is 0. The number of rotatable bonds is 2. The molecule has 0 saturated heterocycles. The molecule has 4 aromatic rings. The first-order valence-corrected chi connectivity index (χ1v) is 18.1. The van der Waals surface area contributed by atoms with Gasteiger partial charge in [-0.3, -0.25) is 6.08 Å². The molecule has 0 aromatic heterocycles. The van der Waals surface area contributed by atoms with Crippen LogP contribution < -0.4 is 24.8 Å². The molecular weight excluding hydrogens is 710 g/mol. The summed E-state index contributed by atoms with van der Waals surface area (Å²) in [4.78, 5) is 0. The number of aryl methyl sites for hydroxylation is 2. The van der Waals surface area contributed by atoms with Gasteiger partial charge in [-0.25, -0.2) is 11.6 Å². The van der Waals surface area contributed by atoms with Gasteiger partial charge in [-0.15, -0.1) is 11.6 Å². The SMILES string of the molecule is CC1=[C-]C(C)(C)c2cc3c(cc21)-c1cc2c(cc1C3)C(C)(C)C=C2C.CCc1[cH-]c(C)cc1C(C)(C)C.Fc1ccc([CH]=[Zr+2])cc1.[Cl-].[Cl-]. The minimum atomic E-state index is -0.170. The van der Waals surface area contributed by atoms with Crippen molar-refractivity contribution in [2.75, 3.05) is 0 Å². The predicted octanol–water partition coefficient (Wildman–Crippen LogP) is 5.55. The van der Waals surface area contributed by atoms with Gasteiger partial charge in [0.25, 0.3) is 0 Å². The van der Waals surface area contributed by atoms with Crippen LogP contribution in [0.15, 0.2) is 66.7 Å². The van der Waals surface area contributed by atoms with E-state index in [2.05, 4.69) is 125 Å². The Balaban J connectivity index is 0.000000228. The minimum Gasteiger partial charge on any atom is -1.00 e. The third kappa shape index (κ3) is 8.04. The first-order valence-electron chi connectivity index (χ1n) is 16.6. The van der Waals surface area contributed by atoms with Crippen molar-refractivity contribution in [1.29, 1.82) is 0 Å². The van der Waals surface area contributed by atoms with E-state index < -0.39 is 0 Å². The third-order valence-electron chi connectivity index (χ3n) is 9.78. The van der Waals surface area contributed by atoms with E-state index in [1.165, 1.54) is 109 Å². The second kappa shape index (κ2) is 14.9. The Morgan fingerprint density at radius 3 is 1.92 bits per heavy atom. The maximum atomic E-state index is 12.2. The van der Waals surface area contributed by atoms with E-state index in [-0.39, 0.29) is 41.5 Å². The van der Waals surface area contributed by atoms with E-state index in [0.717, 1.165) is 18.4 Å². The first kappa shape index (κ1) is 40.2. The molecule has 0 fully saturated rings. The van der Waals surface area contributed by atoms with Crippen LogP contribution in [0.4, 0.5) is 4.39 Å². The molecule has 0 amide bonds. The fraction of sp³-hybridized carbons (Fsp3) is 0.364. The average molecular weight is 759 g/mol. The monoisotopic (exact) mass is 756 g/mol. The van der Waals surface area contributed by atoms with E-state index in [1.807, 2.05) is 3.71 Å². The summed E-state index contributed by atoms with van der Waals surface area (Å²) in [6.07, 6.45) is 8.29. The molecule has 3 aliphatic rings. The Kier molecular flexibility index (Phi) is 12.5. The standard InChI is InChI=1S/C25H25.C12H19.C7H5F.2ClH.Zr/c1-14-12-24(3,4)22-8-16-7-17-9-23-19(15(2)13-25(23,5)6)11-21(17)20(16)10-18(14)22;1-6-10-7-9(2)8-11(10)12(3,4)5;1-6-2-4-7(8)5-3-6;;;/h8-12H,7H2,1-6H3;7-8H,6H2,1-5H3;1-5H;2*1H;/q2*-1;;;;+2/p-2. The first-order chi connectivity index (χ1) is 21.4. The van der Waals surface area contributed by atoms with E-state index in [1.54, 1.807) is 12.1 Å². The number of benzene rings is 3. The van der Waals surface area contributed by atoms with Crippen molar-refractivity contribution in [2.24, 2.45) is 0 Å². The summed E-state index contributed by atoms with van der Waals surface area (Å²) in [5.74, 6) is -0.170. The molecule has 3 aliphatic carbocycles. The molecule has 0 N–H and O–H groups in total. The van der Waals surface area contributed by atoms with E-state index in [0.29, 0.717) is 5.41 Å². The quantitative estimate of drug-likeness (QED) is 0.207. The van der Waals surface area contributed by atoms with Crippen LogP contribution in [0, 0.1) is 18.8 Å². The molecular formula is C44H49Cl2FZr-2. The number of halogens is 3. The molecule has 48 heavy (non-hydrogen) atoms. The Morgan fingerprint density at radius 1 is 0.833 bits per heavy atom. The van der Waals surface area contributed by atoms with Gasteiger partial charge in [0.15, 0.2) is 0 Å². The topological polar surface area (TPSA) is 0 Å². The summed E-state index contributed by atoms with van der Waals surface area (Å²) in [5.41, 5.74) is 20.4. The van der Waals surface area contributed by atoms with Crippen molar-refractivity contribution in [3.8, 4) is 11.1 Å². The summed E-state index contributed by atoms with van der Waals surface area (Å²) in [7, 11) is 0. The van der Waals surface area contributed by atoms with Crippen LogP contribution in [0.1, 0.15) is 125 Å². The van der Waals surface area contributed by atoms with Crippen LogP contribution in [0.5, 0.6) is 0 Å². The van der Waals surface area contributed by atoms with E-state index in [9.17, 15) is 4.39 Å². The molecule has 0 bridgehead atoms. The molecule has 0 nitrogen and oxygen atoms in total. The molecule has 7 rings (SSSR count). The summed E-state index contributed by atoms with van der Waals surface area (Å²) < 4.78 is 14.2. The van der Waals surface area contributed by atoms with Crippen molar-refractivity contribution in [1.82, 2.24) is 0 Å². The summed E-state index contributed by atoms with van der Waals surface area (Å²) in [6, 6.07) is 20.9. The van der Waals surface area contributed by atoms with Gasteiger partial charge in [-0.1, -0.05) is 105 Å². The van der Waals surface area contributed by atoms with Gasteiger partial charge in [0.1, 0.15) is 0 Å².